The number of aromatic carboxylic acids is 1. The average Bonchev–Trinajstić information content (AvgIpc) is 3.35. The molecule has 0 radical (unpaired) electrons. The van der Waals surface area contributed by atoms with Gasteiger partial charge in [0, 0.05) is 59.7 Å². The largest absolute Gasteiger partial charge is 0.478 e. The molecule has 0 bridgehead atoms. The molecule has 2 heterocycles. The Hall–Kier alpha value is -4.51. The van der Waals surface area contributed by atoms with Crippen molar-refractivity contribution in [2.24, 2.45) is 0 Å². The van der Waals surface area contributed by atoms with Crippen LogP contribution in [0.5, 0.6) is 0 Å². The summed E-state index contributed by atoms with van der Waals surface area (Å²) in [5.74, 6) is -0.960. The van der Waals surface area contributed by atoms with Crippen LogP contribution in [0, 0.1) is 0 Å². The fourth-order valence-electron chi connectivity index (χ4n) is 5.18. The molecule has 0 amide bonds. The minimum atomic E-state index is -3.75. The van der Waals surface area contributed by atoms with E-state index in [9.17, 15) is 23.4 Å². The number of carboxylic acids is 1. The first-order valence-electron chi connectivity index (χ1n) is 14.4. The molecule has 0 aliphatic heterocycles. The van der Waals surface area contributed by atoms with Gasteiger partial charge in [0.15, 0.2) is 0 Å². The number of β-amino-alcohol motifs (C(OH)–C–C–N with tert-alkyl or cyclic N) is 1. The fraction of sp³-hybridized carbons (Fsp3) is 0.235. The second kappa shape index (κ2) is 13.0. The summed E-state index contributed by atoms with van der Waals surface area (Å²) in [4.78, 5) is 15.9. The number of aryl methyl sites for hydroxylation is 1. The van der Waals surface area contributed by atoms with Crippen molar-refractivity contribution in [3.63, 3.8) is 0 Å². The number of aliphatic hydroxyl groups excluding tert-OH is 1. The summed E-state index contributed by atoms with van der Waals surface area (Å²) in [7, 11) is -3.75. The molecule has 0 fully saturated rings. The molecular weight excluding hydrogens is 576 g/mol. The third kappa shape index (κ3) is 7.52. The van der Waals surface area contributed by atoms with Gasteiger partial charge in [-0.2, -0.15) is 0 Å². The first-order chi connectivity index (χ1) is 21.0. The summed E-state index contributed by atoms with van der Waals surface area (Å²) in [5.41, 5.74) is 3.99. The van der Waals surface area contributed by atoms with Crippen LogP contribution in [0.1, 0.15) is 53.6 Å². The van der Waals surface area contributed by atoms with E-state index in [4.69, 9.17) is 0 Å². The van der Waals surface area contributed by atoms with E-state index in [1.54, 1.807) is 67.0 Å². The molecule has 5 aromatic rings. The summed E-state index contributed by atoms with van der Waals surface area (Å²) in [6.07, 6.45) is 4.06. The zero-order valence-corrected chi connectivity index (χ0v) is 25.5. The highest BCUT2D eigenvalue weighted by Gasteiger charge is 2.22. The van der Waals surface area contributed by atoms with Crippen LogP contribution < -0.4 is 10.0 Å². The molecule has 228 valence electrons. The van der Waals surface area contributed by atoms with Crippen molar-refractivity contribution < 1.29 is 23.4 Å². The van der Waals surface area contributed by atoms with Gasteiger partial charge in [0.1, 0.15) is 0 Å². The van der Waals surface area contributed by atoms with Gasteiger partial charge < -0.3 is 20.1 Å². The summed E-state index contributed by atoms with van der Waals surface area (Å²) in [6.45, 7) is 5.07. The molecule has 0 spiro atoms. The van der Waals surface area contributed by atoms with Gasteiger partial charge in [-0.3, -0.25) is 9.71 Å². The molecule has 44 heavy (non-hydrogen) atoms. The predicted octanol–water partition coefficient (Wildman–Crippen LogP) is 5.62. The van der Waals surface area contributed by atoms with Crippen molar-refractivity contribution in [1.29, 1.82) is 0 Å². The standard InChI is InChI=1S/C34H36N4O5S/c1-34(2,36-23-32(39)25-7-6-8-28(21-25)37-44(42,43)30-9-4-3-5-10-30)15-18-38-29(19-24-13-16-35-17-14-24)22-27-20-26(33(40)41)11-12-31(27)38/h3-14,16-17,20-22,32,36-37,39H,15,18-19,23H2,1-2H3,(H,40,41)/t32-/m0/s1. The number of aromatic nitrogens is 2. The fourth-order valence-corrected chi connectivity index (χ4v) is 6.25. The SMILES string of the molecule is CC(C)(CCn1c(Cc2ccncc2)cc2cc(C(=O)O)ccc21)NC[C@H](O)c1cccc(NS(=O)(=O)c2ccccc2)c1. The molecule has 4 N–H and O–H groups in total. The second-order valence-electron chi connectivity index (χ2n) is 11.5. The van der Waals surface area contributed by atoms with Crippen LogP contribution in [-0.2, 0) is 23.0 Å². The van der Waals surface area contributed by atoms with E-state index in [-0.39, 0.29) is 22.5 Å². The lowest BCUT2D eigenvalue weighted by Crippen LogP contribution is -2.42. The van der Waals surface area contributed by atoms with E-state index in [1.807, 2.05) is 24.3 Å². The number of nitrogens with one attached hydrogen (secondary N) is 2. The van der Waals surface area contributed by atoms with Crippen LogP contribution in [-0.4, -0.2) is 46.2 Å². The molecule has 9 nitrogen and oxygen atoms in total. The number of sulfonamides is 1. The Morgan fingerprint density at radius 3 is 2.43 bits per heavy atom. The van der Waals surface area contributed by atoms with Gasteiger partial charge in [-0.05, 0) is 92.1 Å². The van der Waals surface area contributed by atoms with Gasteiger partial charge in [-0.15, -0.1) is 0 Å². The van der Waals surface area contributed by atoms with Crippen LogP contribution in [0.25, 0.3) is 10.9 Å². The average molecular weight is 613 g/mol. The zero-order valence-electron chi connectivity index (χ0n) is 24.6. The lowest BCUT2D eigenvalue weighted by Gasteiger charge is -2.29. The number of nitrogens with zero attached hydrogens (tertiary/aromatic N) is 2. The number of carboxylic acid groups (broad SMARTS) is 1. The van der Waals surface area contributed by atoms with Gasteiger partial charge in [-0.1, -0.05) is 30.3 Å². The summed E-state index contributed by atoms with van der Waals surface area (Å²) >= 11 is 0. The van der Waals surface area contributed by atoms with Crippen molar-refractivity contribution >= 4 is 32.6 Å². The Bertz CT molecular complexity index is 1860. The highest BCUT2D eigenvalue weighted by atomic mass is 32.2. The summed E-state index contributed by atoms with van der Waals surface area (Å²) in [6, 6.07) is 26.1. The minimum absolute atomic E-state index is 0.163. The van der Waals surface area contributed by atoms with Crippen LogP contribution >= 0.6 is 0 Å². The number of fused-ring (bicyclic) bond motifs is 1. The number of hydrogen-bond acceptors (Lipinski definition) is 6. The van der Waals surface area contributed by atoms with Crippen LogP contribution in [0.4, 0.5) is 5.69 Å². The van der Waals surface area contributed by atoms with Crippen LogP contribution in [0.3, 0.4) is 0 Å². The topological polar surface area (TPSA) is 134 Å². The Kier molecular flexibility index (Phi) is 9.14. The number of carbonyl (C=O) groups is 1. The molecule has 0 aliphatic carbocycles. The van der Waals surface area contributed by atoms with Crippen molar-refractivity contribution in [2.75, 3.05) is 11.3 Å². The molecular formula is C34H36N4O5S. The second-order valence-corrected chi connectivity index (χ2v) is 13.2. The smallest absolute Gasteiger partial charge is 0.335 e. The number of anilines is 1. The monoisotopic (exact) mass is 612 g/mol. The van der Waals surface area contributed by atoms with E-state index in [0.717, 1.165) is 28.6 Å². The minimum Gasteiger partial charge on any atom is -0.478 e. The third-order valence-electron chi connectivity index (χ3n) is 7.68. The van der Waals surface area contributed by atoms with Crippen LogP contribution in [0.15, 0.2) is 108 Å². The zero-order chi connectivity index (χ0) is 31.3. The molecule has 2 aromatic heterocycles. The maximum Gasteiger partial charge on any atom is 0.335 e. The number of rotatable bonds is 13. The van der Waals surface area contributed by atoms with E-state index >= 15 is 0 Å². The number of aliphatic hydroxyl groups is 1. The quantitative estimate of drug-likeness (QED) is 0.136. The maximum atomic E-state index is 12.7. The Morgan fingerprint density at radius 2 is 1.70 bits per heavy atom. The van der Waals surface area contributed by atoms with E-state index in [0.29, 0.717) is 24.2 Å². The van der Waals surface area contributed by atoms with Crippen molar-refractivity contribution in [1.82, 2.24) is 14.9 Å². The molecule has 0 saturated heterocycles. The highest BCUT2D eigenvalue weighted by Crippen LogP contribution is 2.26. The molecule has 0 saturated carbocycles. The van der Waals surface area contributed by atoms with Crippen LogP contribution in [0.2, 0.25) is 0 Å². The third-order valence-corrected chi connectivity index (χ3v) is 9.08. The number of pyridine rings is 1. The molecule has 0 unspecified atom stereocenters. The Labute approximate surface area is 257 Å². The molecule has 0 aliphatic rings. The molecule has 5 rings (SSSR count). The lowest BCUT2D eigenvalue weighted by atomic mass is 9.99. The molecule has 1 atom stereocenters. The van der Waals surface area contributed by atoms with Crippen molar-refractivity contribution in [3.8, 4) is 0 Å². The first-order valence-corrected chi connectivity index (χ1v) is 15.8. The normalized spacial score (nSPS) is 12.7. The van der Waals surface area contributed by atoms with Crippen molar-refractivity contribution in [2.45, 2.75) is 49.8 Å². The van der Waals surface area contributed by atoms with E-state index < -0.39 is 22.1 Å². The van der Waals surface area contributed by atoms with Crippen molar-refractivity contribution in [3.05, 3.63) is 126 Å². The Morgan fingerprint density at radius 1 is 0.955 bits per heavy atom. The molecule has 3 aromatic carbocycles. The Balaban J connectivity index is 1.26. The summed E-state index contributed by atoms with van der Waals surface area (Å²) < 4.78 is 30.3. The van der Waals surface area contributed by atoms with Gasteiger partial charge in [0.05, 0.1) is 16.6 Å². The van der Waals surface area contributed by atoms with Gasteiger partial charge in [0.25, 0.3) is 10.0 Å². The first kappa shape index (κ1) is 30.9. The van der Waals surface area contributed by atoms with Gasteiger partial charge in [0.2, 0.25) is 0 Å². The van der Waals surface area contributed by atoms with E-state index in [1.165, 1.54) is 12.1 Å². The van der Waals surface area contributed by atoms with Gasteiger partial charge >= 0.3 is 5.97 Å². The molecule has 10 heteroatoms. The lowest BCUT2D eigenvalue weighted by molar-refractivity contribution is 0.0697. The van der Waals surface area contributed by atoms with Gasteiger partial charge in [-0.25, -0.2) is 13.2 Å². The number of benzene rings is 3. The maximum absolute atomic E-state index is 12.7. The highest BCUT2D eigenvalue weighted by molar-refractivity contribution is 7.92. The predicted molar refractivity (Wildman–Crippen MR) is 171 cm³/mol. The number of hydrogen-bond donors (Lipinski definition) is 4. The van der Waals surface area contributed by atoms with E-state index in [2.05, 4.69) is 33.4 Å². The summed E-state index contributed by atoms with van der Waals surface area (Å²) in [5, 5.41) is 24.8.